The molecule has 1 aliphatic heterocycles. The lowest BCUT2D eigenvalue weighted by molar-refractivity contribution is 0.350. The minimum atomic E-state index is -0.276. The summed E-state index contributed by atoms with van der Waals surface area (Å²) < 4.78 is 10.2. The molecule has 0 N–H and O–H groups in total. The molecule has 0 bridgehead atoms. The second-order valence-corrected chi connectivity index (χ2v) is 8.44. The highest BCUT2D eigenvalue weighted by Crippen LogP contribution is 2.30. The lowest BCUT2D eigenvalue weighted by Gasteiger charge is -2.08. The van der Waals surface area contributed by atoms with Crippen molar-refractivity contribution in [3.8, 4) is 0 Å². The first-order chi connectivity index (χ1) is 14.0. The summed E-state index contributed by atoms with van der Waals surface area (Å²) in [6, 6.07) is 0. The van der Waals surface area contributed by atoms with Gasteiger partial charge in [-0.1, -0.05) is 58.3 Å². The summed E-state index contributed by atoms with van der Waals surface area (Å²) in [6.07, 6.45) is 15.8. The number of rotatable bonds is 13. The molecule has 3 heterocycles. The Bertz CT molecular complexity index is 911. The van der Waals surface area contributed by atoms with Crippen molar-refractivity contribution in [2.75, 3.05) is 0 Å². The van der Waals surface area contributed by atoms with E-state index < -0.39 is 0 Å². The average Bonchev–Trinajstić information content (AvgIpc) is 3.32. The number of aryl methyl sites for hydroxylation is 2. The maximum atomic E-state index is 12.6. The Labute approximate surface area is 172 Å². The smallest absolute Gasteiger partial charge is 0.332 e. The Morgan fingerprint density at radius 1 is 0.931 bits per heavy atom. The van der Waals surface area contributed by atoms with Crippen LogP contribution < -0.4 is 11.2 Å². The fourth-order valence-corrected chi connectivity index (χ4v) is 4.24. The van der Waals surface area contributed by atoms with E-state index in [2.05, 4.69) is 11.9 Å². The largest absolute Gasteiger partial charge is 0.370 e. The first-order valence-electron chi connectivity index (χ1n) is 11.3. The molecule has 0 aromatic carbocycles. The van der Waals surface area contributed by atoms with Gasteiger partial charge in [0, 0.05) is 20.6 Å². The summed E-state index contributed by atoms with van der Waals surface area (Å²) in [7, 11) is 3.46. The Balaban J connectivity index is 1.30. The van der Waals surface area contributed by atoms with Gasteiger partial charge >= 0.3 is 5.69 Å². The van der Waals surface area contributed by atoms with Crippen LogP contribution in [0, 0.1) is 0 Å². The summed E-state index contributed by atoms with van der Waals surface area (Å²) >= 11 is 0. The topological polar surface area (TPSA) is 74.3 Å². The van der Waals surface area contributed by atoms with Crippen LogP contribution >= 0.6 is 0 Å². The number of hydrogen-bond acceptors (Lipinski definition) is 4. The Morgan fingerprint density at radius 2 is 1.55 bits per heavy atom. The van der Waals surface area contributed by atoms with Crippen LogP contribution in [0.1, 0.15) is 77.6 Å². The van der Waals surface area contributed by atoms with E-state index in [-0.39, 0.29) is 11.2 Å². The van der Waals surface area contributed by atoms with Crippen molar-refractivity contribution in [2.24, 2.45) is 14.1 Å². The maximum absolute atomic E-state index is 12.6. The van der Waals surface area contributed by atoms with E-state index in [1.165, 1.54) is 60.5 Å². The lowest BCUT2D eigenvalue weighted by atomic mass is 10.0. The van der Waals surface area contributed by atoms with Crippen LogP contribution in [0.3, 0.4) is 0 Å². The van der Waals surface area contributed by atoms with Crippen LogP contribution in [0.2, 0.25) is 0 Å². The van der Waals surface area contributed by atoms with Gasteiger partial charge in [0.1, 0.15) is 0 Å². The minimum Gasteiger partial charge on any atom is -0.370 e. The number of aromatic nitrogens is 4. The van der Waals surface area contributed by atoms with E-state index in [9.17, 15) is 9.59 Å². The molecule has 3 rings (SSSR count). The van der Waals surface area contributed by atoms with Gasteiger partial charge in [-0.25, -0.2) is 9.78 Å². The SMILES string of the molecule is CCCC1OC1CCCCCCCCCCn1c(=O)c2c(ncn2C)n(C)c1=O. The summed E-state index contributed by atoms with van der Waals surface area (Å²) in [5.41, 5.74) is 0.434. The van der Waals surface area contributed by atoms with Crippen molar-refractivity contribution in [1.82, 2.24) is 18.7 Å². The zero-order valence-electron chi connectivity index (χ0n) is 18.2. The molecule has 0 spiro atoms. The van der Waals surface area contributed by atoms with Gasteiger partial charge in [-0.15, -0.1) is 0 Å². The Morgan fingerprint density at radius 3 is 2.24 bits per heavy atom. The molecule has 2 unspecified atom stereocenters. The van der Waals surface area contributed by atoms with Crippen LogP contribution in [0.15, 0.2) is 15.9 Å². The van der Waals surface area contributed by atoms with E-state index in [4.69, 9.17) is 4.74 Å². The first kappa shape index (κ1) is 21.8. The molecule has 29 heavy (non-hydrogen) atoms. The standard InChI is InChI=1S/C22H36N4O3/c1-4-13-17-18(29-17)14-11-9-7-5-6-8-10-12-15-26-21(27)19-20(23-16-24(19)2)25(3)22(26)28/h16-18H,4-15H2,1-3H3. The van der Waals surface area contributed by atoms with Gasteiger partial charge in [0.15, 0.2) is 11.2 Å². The van der Waals surface area contributed by atoms with E-state index in [1.807, 2.05) is 0 Å². The second kappa shape index (κ2) is 10.2. The van der Waals surface area contributed by atoms with Crippen molar-refractivity contribution in [3.63, 3.8) is 0 Å². The summed E-state index contributed by atoms with van der Waals surface area (Å²) in [5.74, 6) is 0. The average molecular weight is 405 g/mol. The molecule has 1 saturated heterocycles. The van der Waals surface area contributed by atoms with Gasteiger partial charge in [0.25, 0.3) is 5.56 Å². The van der Waals surface area contributed by atoms with Crippen LogP contribution in [0.5, 0.6) is 0 Å². The number of epoxide rings is 1. The zero-order valence-corrected chi connectivity index (χ0v) is 18.2. The highest BCUT2D eigenvalue weighted by molar-refractivity contribution is 5.69. The van der Waals surface area contributed by atoms with Gasteiger partial charge in [-0.05, 0) is 19.3 Å². The van der Waals surface area contributed by atoms with E-state index in [0.29, 0.717) is 29.9 Å². The Kier molecular flexibility index (Phi) is 7.70. The molecular formula is C22H36N4O3. The van der Waals surface area contributed by atoms with Crippen molar-refractivity contribution in [1.29, 1.82) is 0 Å². The molecule has 7 nitrogen and oxygen atoms in total. The predicted octanol–water partition coefficient (Wildman–Crippen LogP) is 3.51. The maximum Gasteiger partial charge on any atom is 0.332 e. The third-order valence-electron chi connectivity index (χ3n) is 6.08. The van der Waals surface area contributed by atoms with Crippen molar-refractivity contribution in [2.45, 2.75) is 96.3 Å². The molecule has 2 aromatic heterocycles. The lowest BCUT2D eigenvalue weighted by Crippen LogP contribution is -2.39. The third kappa shape index (κ3) is 5.38. The monoisotopic (exact) mass is 404 g/mol. The van der Waals surface area contributed by atoms with Gasteiger partial charge in [-0.3, -0.25) is 13.9 Å². The number of hydrogen-bond donors (Lipinski definition) is 0. The fourth-order valence-electron chi connectivity index (χ4n) is 4.24. The molecule has 2 aromatic rings. The number of fused-ring (bicyclic) bond motifs is 1. The van der Waals surface area contributed by atoms with E-state index >= 15 is 0 Å². The van der Waals surface area contributed by atoms with Gasteiger partial charge in [-0.2, -0.15) is 0 Å². The summed E-state index contributed by atoms with van der Waals surface area (Å²) in [6.45, 7) is 2.70. The Hall–Kier alpha value is -1.89. The quantitative estimate of drug-likeness (QED) is 0.378. The predicted molar refractivity (Wildman–Crippen MR) is 115 cm³/mol. The molecule has 0 amide bonds. The highest BCUT2D eigenvalue weighted by Gasteiger charge is 2.36. The molecule has 7 heteroatoms. The van der Waals surface area contributed by atoms with Gasteiger partial charge in [0.2, 0.25) is 0 Å². The molecule has 0 saturated carbocycles. The van der Waals surface area contributed by atoms with Crippen LogP contribution in [0.25, 0.3) is 11.2 Å². The second-order valence-electron chi connectivity index (χ2n) is 8.44. The molecule has 0 radical (unpaired) electrons. The minimum absolute atomic E-state index is 0.232. The van der Waals surface area contributed by atoms with Gasteiger partial charge in [0.05, 0.1) is 18.5 Å². The van der Waals surface area contributed by atoms with Crippen LogP contribution in [-0.2, 0) is 25.4 Å². The number of imidazole rings is 1. The fraction of sp³-hybridized carbons (Fsp3) is 0.773. The number of nitrogens with zero attached hydrogens (tertiary/aromatic N) is 4. The molecule has 162 valence electrons. The van der Waals surface area contributed by atoms with Gasteiger partial charge < -0.3 is 9.30 Å². The van der Waals surface area contributed by atoms with E-state index in [1.54, 1.807) is 25.0 Å². The number of ether oxygens (including phenoxy) is 1. The van der Waals surface area contributed by atoms with Crippen molar-refractivity contribution >= 4 is 11.2 Å². The van der Waals surface area contributed by atoms with Crippen LogP contribution in [-0.4, -0.2) is 30.9 Å². The van der Waals surface area contributed by atoms with Crippen molar-refractivity contribution in [3.05, 3.63) is 27.2 Å². The summed E-state index contributed by atoms with van der Waals surface area (Å²) in [5, 5.41) is 0. The van der Waals surface area contributed by atoms with Crippen LogP contribution in [0.4, 0.5) is 0 Å². The molecular weight excluding hydrogens is 368 g/mol. The molecule has 1 aliphatic rings. The third-order valence-corrected chi connectivity index (χ3v) is 6.08. The normalized spacial score (nSPS) is 18.6. The molecule has 0 aliphatic carbocycles. The number of unbranched alkanes of at least 4 members (excludes halogenated alkanes) is 7. The highest BCUT2D eigenvalue weighted by atomic mass is 16.6. The molecule has 1 fully saturated rings. The molecule has 2 atom stereocenters. The van der Waals surface area contributed by atoms with Crippen molar-refractivity contribution < 1.29 is 4.74 Å². The van der Waals surface area contributed by atoms with E-state index in [0.717, 1.165) is 19.3 Å². The first-order valence-corrected chi connectivity index (χ1v) is 11.3. The zero-order chi connectivity index (χ0) is 20.8. The summed E-state index contributed by atoms with van der Waals surface area (Å²) in [4.78, 5) is 29.3.